The number of fused-ring (bicyclic) bond motifs is 1. The summed E-state index contributed by atoms with van der Waals surface area (Å²) in [6.45, 7) is 10.3. The Labute approximate surface area is 131 Å². The Bertz CT molecular complexity index is 660. The molecule has 106 valence electrons. The molecule has 1 aliphatic rings. The Hall–Kier alpha value is -2.19. The van der Waals surface area contributed by atoms with Crippen molar-refractivity contribution in [1.82, 2.24) is 0 Å². The molecule has 0 unspecified atom stereocenters. The first-order valence-corrected chi connectivity index (χ1v) is 7.64. The molecule has 0 spiro atoms. The predicted octanol–water partition coefficient (Wildman–Crippen LogP) is 5.90. The molecule has 0 amide bonds. The first-order valence-electron chi connectivity index (χ1n) is 6.76. The second kappa shape index (κ2) is 7.55. The molecule has 1 aromatic carbocycles. The lowest BCUT2D eigenvalue weighted by atomic mass is 10.0. The van der Waals surface area contributed by atoms with Crippen molar-refractivity contribution in [2.24, 2.45) is 0 Å². The van der Waals surface area contributed by atoms with E-state index in [0.29, 0.717) is 0 Å². The molecule has 2 rings (SSSR count). The predicted molar refractivity (Wildman–Crippen MR) is 97.0 cm³/mol. The van der Waals surface area contributed by atoms with Gasteiger partial charge < -0.3 is 4.72 Å². The van der Waals surface area contributed by atoms with Crippen molar-refractivity contribution in [2.75, 3.05) is 4.72 Å². The van der Waals surface area contributed by atoms with Crippen LogP contribution in [-0.4, -0.2) is 0 Å². The third-order valence-electron chi connectivity index (χ3n) is 3.15. The third-order valence-corrected chi connectivity index (χ3v) is 3.78. The number of rotatable bonds is 0. The lowest BCUT2D eigenvalue weighted by Gasteiger charge is -2.10. The summed E-state index contributed by atoms with van der Waals surface area (Å²) in [6.07, 6.45) is 12.1. The van der Waals surface area contributed by atoms with E-state index >= 15 is 0 Å². The summed E-state index contributed by atoms with van der Waals surface area (Å²) >= 11 is 1.54. The van der Waals surface area contributed by atoms with Crippen molar-refractivity contribution in [3.8, 4) is 0 Å². The Morgan fingerprint density at radius 2 is 1.71 bits per heavy atom. The lowest BCUT2D eigenvalue weighted by molar-refractivity contribution is 1.44. The van der Waals surface area contributed by atoms with Gasteiger partial charge in [-0.3, -0.25) is 0 Å². The van der Waals surface area contributed by atoms with Crippen LogP contribution in [0.2, 0.25) is 0 Å². The maximum Gasteiger partial charge on any atom is 0.0521 e. The number of para-hydroxylation sites is 1. The minimum absolute atomic E-state index is 0.962. The van der Waals surface area contributed by atoms with E-state index in [4.69, 9.17) is 0 Å². The van der Waals surface area contributed by atoms with Gasteiger partial charge in [-0.15, -0.1) is 0 Å². The van der Waals surface area contributed by atoms with E-state index in [1.807, 2.05) is 47.9 Å². The molecule has 1 aromatic rings. The second-order valence-electron chi connectivity index (χ2n) is 4.71. The first kappa shape index (κ1) is 15.2. The fourth-order valence-corrected chi connectivity index (χ4v) is 2.37. The highest BCUT2D eigenvalue weighted by molar-refractivity contribution is 8.03. The van der Waals surface area contributed by atoms with Crippen molar-refractivity contribution < 1.29 is 0 Å². The van der Waals surface area contributed by atoms with Gasteiger partial charge >= 0.3 is 0 Å². The van der Waals surface area contributed by atoms with Gasteiger partial charge in [-0.25, -0.2) is 0 Å². The second-order valence-corrected chi connectivity index (χ2v) is 5.42. The quantitative estimate of drug-likeness (QED) is 0.597. The number of hydrogen-bond acceptors (Lipinski definition) is 2. The molecular weight excluding hydrogens is 274 g/mol. The molecule has 0 fully saturated rings. The summed E-state index contributed by atoms with van der Waals surface area (Å²) in [6, 6.07) is 8.15. The van der Waals surface area contributed by atoms with Crippen LogP contribution in [-0.2, 0) is 0 Å². The molecule has 0 aromatic heterocycles. The molecular formula is C19H19NS. The van der Waals surface area contributed by atoms with Crippen molar-refractivity contribution in [3.63, 3.8) is 0 Å². The van der Waals surface area contributed by atoms with Gasteiger partial charge in [-0.2, -0.15) is 0 Å². The van der Waals surface area contributed by atoms with E-state index in [0.717, 1.165) is 28.0 Å². The molecule has 1 heterocycles. The normalized spacial score (nSPS) is 23.0. The number of anilines is 1. The van der Waals surface area contributed by atoms with Crippen molar-refractivity contribution >= 4 is 23.2 Å². The van der Waals surface area contributed by atoms with Crippen LogP contribution in [0.1, 0.15) is 12.5 Å². The van der Waals surface area contributed by atoms with Gasteiger partial charge in [-0.1, -0.05) is 67.8 Å². The van der Waals surface area contributed by atoms with E-state index < -0.39 is 0 Å². The van der Waals surface area contributed by atoms with Crippen LogP contribution in [0.15, 0.2) is 90.4 Å². The molecule has 0 atom stereocenters. The summed E-state index contributed by atoms with van der Waals surface area (Å²) in [5, 5.41) is 2.01. The number of benzene rings is 1. The molecule has 2 heteroatoms. The van der Waals surface area contributed by atoms with Gasteiger partial charge in [0, 0.05) is 5.56 Å². The highest BCUT2D eigenvalue weighted by Gasteiger charge is 2.03. The van der Waals surface area contributed by atoms with Crippen LogP contribution < -0.4 is 4.72 Å². The topological polar surface area (TPSA) is 12.0 Å². The van der Waals surface area contributed by atoms with Gasteiger partial charge in [-0.05, 0) is 47.1 Å². The van der Waals surface area contributed by atoms with Gasteiger partial charge in [0.15, 0.2) is 0 Å². The average Bonchev–Trinajstić information content (AvgIpc) is 2.50. The van der Waals surface area contributed by atoms with Gasteiger partial charge in [0.05, 0.1) is 5.69 Å². The molecule has 1 N–H and O–H groups in total. The highest BCUT2D eigenvalue weighted by Crippen LogP contribution is 2.26. The highest BCUT2D eigenvalue weighted by atomic mass is 32.2. The first-order chi connectivity index (χ1) is 10.2. The standard InChI is InChI=1S/C19H19NS/c1-15-9-5-4-8-14-21-20-19-11-7-6-10-18(19)17(3)13-12-16(15)2/h4-14,20H,2-3H2,1H3/b5-4-,13-12-,14-8+,15-9+. The number of nitrogens with one attached hydrogen (secondary N) is 1. The number of hydrogen-bond donors (Lipinski definition) is 1. The molecule has 0 radical (unpaired) electrons. The van der Waals surface area contributed by atoms with Crippen LogP contribution in [0.4, 0.5) is 5.69 Å². The summed E-state index contributed by atoms with van der Waals surface area (Å²) in [7, 11) is 0. The summed E-state index contributed by atoms with van der Waals surface area (Å²) in [5.74, 6) is 0. The third kappa shape index (κ3) is 4.40. The van der Waals surface area contributed by atoms with Crippen molar-refractivity contribution in [2.45, 2.75) is 6.92 Å². The Morgan fingerprint density at radius 3 is 2.57 bits per heavy atom. The zero-order chi connectivity index (χ0) is 15.1. The Kier molecular flexibility index (Phi) is 5.47. The van der Waals surface area contributed by atoms with Crippen LogP contribution in [0.25, 0.3) is 5.57 Å². The number of allylic oxidation sites excluding steroid dienone is 9. The van der Waals surface area contributed by atoms with Crippen molar-refractivity contribution in [1.29, 1.82) is 0 Å². The minimum Gasteiger partial charge on any atom is -0.326 e. The molecule has 0 saturated heterocycles. The van der Waals surface area contributed by atoms with Gasteiger partial charge in [0.25, 0.3) is 0 Å². The summed E-state index contributed by atoms with van der Waals surface area (Å²) in [5.41, 5.74) is 5.24. The molecule has 21 heavy (non-hydrogen) atoms. The van der Waals surface area contributed by atoms with E-state index in [2.05, 4.69) is 43.0 Å². The SMILES string of the molecule is C=C1/C=C\C(=C)c2ccccc2NS/C=C/C=C\C=C\1C. The van der Waals surface area contributed by atoms with E-state index in [9.17, 15) is 0 Å². The largest absolute Gasteiger partial charge is 0.326 e. The van der Waals surface area contributed by atoms with Crippen LogP contribution in [0, 0.1) is 0 Å². The average molecular weight is 293 g/mol. The monoisotopic (exact) mass is 293 g/mol. The molecule has 0 bridgehead atoms. The van der Waals surface area contributed by atoms with Crippen LogP contribution >= 0.6 is 11.9 Å². The van der Waals surface area contributed by atoms with Crippen LogP contribution in [0.5, 0.6) is 0 Å². The summed E-state index contributed by atoms with van der Waals surface area (Å²) < 4.78 is 3.33. The fraction of sp³-hybridized carbons (Fsp3) is 0.0526. The zero-order valence-corrected chi connectivity index (χ0v) is 13.0. The molecule has 1 nitrogen and oxygen atoms in total. The van der Waals surface area contributed by atoms with E-state index in [1.54, 1.807) is 11.9 Å². The van der Waals surface area contributed by atoms with E-state index in [-0.39, 0.29) is 0 Å². The van der Waals surface area contributed by atoms with Crippen LogP contribution in [0.3, 0.4) is 0 Å². The molecule has 1 aliphatic heterocycles. The van der Waals surface area contributed by atoms with E-state index in [1.165, 1.54) is 0 Å². The lowest BCUT2D eigenvalue weighted by Crippen LogP contribution is -1.91. The van der Waals surface area contributed by atoms with Gasteiger partial charge in [0.2, 0.25) is 0 Å². The minimum atomic E-state index is 0.962. The van der Waals surface area contributed by atoms with Gasteiger partial charge in [0.1, 0.15) is 0 Å². The van der Waals surface area contributed by atoms with Crippen molar-refractivity contribution in [3.05, 3.63) is 96.0 Å². The molecule has 0 aliphatic carbocycles. The zero-order valence-electron chi connectivity index (χ0n) is 12.2. The summed E-state index contributed by atoms with van der Waals surface area (Å²) in [4.78, 5) is 0. The maximum atomic E-state index is 4.16. The smallest absolute Gasteiger partial charge is 0.0521 e. The fourth-order valence-electron chi connectivity index (χ4n) is 1.83. The maximum absolute atomic E-state index is 4.16. The Balaban J connectivity index is 2.37. The molecule has 0 saturated carbocycles. The Morgan fingerprint density at radius 1 is 0.952 bits per heavy atom.